The van der Waals surface area contributed by atoms with Crippen LogP contribution in [0.2, 0.25) is 0 Å². The summed E-state index contributed by atoms with van der Waals surface area (Å²) in [6.45, 7) is 20.4. The average Bonchev–Trinajstić information content (AvgIpc) is 2.63. The summed E-state index contributed by atoms with van der Waals surface area (Å²) in [5.74, 6) is 0. The number of hydrogen-bond acceptors (Lipinski definition) is 5. The first-order valence-corrected chi connectivity index (χ1v) is 10.0. The summed E-state index contributed by atoms with van der Waals surface area (Å²) in [6.07, 6.45) is 6.04. The Bertz CT molecular complexity index is 620. The molecule has 1 rings (SSSR count). The lowest BCUT2D eigenvalue weighted by atomic mass is 9.77. The molecule has 5 nitrogen and oxygen atoms in total. The van der Waals surface area contributed by atoms with E-state index in [-0.39, 0.29) is 6.29 Å². The van der Waals surface area contributed by atoms with Crippen LogP contribution in [0, 0.1) is 0 Å². The maximum atomic E-state index is 10.3. The van der Waals surface area contributed by atoms with Crippen molar-refractivity contribution in [1.82, 2.24) is 0 Å². The van der Waals surface area contributed by atoms with Crippen LogP contribution in [0.15, 0.2) is 47.6 Å². The third-order valence-electron chi connectivity index (χ3n) is 5.21. The Hall–Kier alpha value is -1.24. The van der Waals surface area contributed by atoms with Crippen LogP contribution in [-0.4, -0.2) is 48.2 Å². The fourth-order valence-corrected chi connectivity index (χ4v) is 3.37. The molecule has 0 aliphatic heterocycles. The molecule has 0 aromatic carbocycles. The molecule has 0 heterocycles. The van der Waals surface area contributed by atoms with Crippen LogP contribution >= 0.6 is 0 Å². The Labute approximate surface area is 170 Å². The molecular formula is C23H38O5. The molecular weight excluding hydrogens is 356 g/mol. The summed E-state index contributed by atoms with van der Waals surface area (Å²) in [5.41, 5.74) is 1.12. The molecule has 1 N–H and O–H groups in total. The molecule has 1 aliphatic rings. The Morgan fingerprint density at radius 2 is 1.75 bits per heavy atom. The van der Waals surface area contributed by atoms with E-state index in [0.29, 0.717) is 13.2 Å². The van der Waals surface area contributed by atoms with E-state index in [1.807, 2.05) is 73.6 Å². The van der Waals surface area contributed by atoms with Gasteiger partial charge in [0.2, 0.25) is 0 Å². The van der Waals surface area contributed by atoms with Gasteiger partial charge in [-0.1, -0.05) is 12.7 Å². The maximum Gasteiger partial charge on any atom is 0.156 e. The first-order valence-electron chi connectivity index (χ1n) is 10.0. The van der Waals surface area contributed by atoms with E-state index in [1.54, 1.807) is 6.08 Å². The topological polar surface area (TPSA) is 57.2 Å². The van der Waals surface area contributed by atoms with Gasteiger partial charge in [0.15, 0.2) is 12.6 Å². The molecule has 0 saturated carbocycles. The molecule has 5 atom stereocenters. The van der Waals surface area contributed by atoms with Crippen molar-refractivity contribution in [3.05, 3.63) is 47.6 Å². The quantitative estimate of drug-likeness (QED) is 0.407. The van der Waals surface area contributed by atoms with Gasteiger partial charge >= 0.3 is 0 Å². The maximum absolute atomic E-state index is 10.3. The predicted molar refractivity (Wildman–Crippen MR) is 113 cm³/mol. The number of aliphatic hydroxyl groups is 1. The molecule has 0 aromatic rings. The lowest BCUT2D eigenvalue weighted by Gasteiger charge is -2.41. The van der Waals surface area contributed by atoms with E-state index in [9.17, 15) is 5.11 Å². The second-order valence-corrected chi connectivity index (χ2v) is 7.34. The van der Waals surface area contributed by atoms with Crippen LogP contribution in [0.1, 0.15) is 55.4 Å². The van der Waals surface area contributed by atoms with Crippen molar-refractivity contribution in [3.8, 4) is 0 Å². The highest BCUT2D eigenvalue weighted by molar-refractivity contribution is 5.47. The fraction of sp³-hybridized carbons (Fsp3) is 0.652. The molecule has 5 unspecified atom stereocenters. The summed E-state index contributed by atoms with van der Waals surface area (Å²) in [6, 6.07) is 0. The van der Waals surface area contributed by atoms with Gasteiger partial charge in [-0.15, -0.1) is 0 Å². The van der Waals surface area contributed by atoms with Gasteiger partial charge in [0.1, 0.15) is 11.2 Å². The Morgan fingerprint density at radius 1 is 1.18 bits per heavy atom. The molecule has 1 aliphatic carbocycles. The van der Waals surface area contributed by atoms with Crippen molar-refractivity contribution in [2.75, 3.05) is 13.2 Å². The second-order valence-electron chi connectivity index (χ2n) is 7.34. The van der Waals surface area contributed by atoms with Gasteiger partial charge in [-0.2, -0.15) is 0 Å². The van der Waals surface area contributed by atoms with E-state index < -0.39 is 23.6 Å². The summed E-state index contributed by atoms with van der Waals surface area (Å²) < 4.78 is 23.6. The molecule has 0 fully saturated rings. The lowest BCUT2D eigenvalue weighted by molar-refractivity contribution is -0.169. The van der Waals surface area contributed by atoms with E-state index in [1.165, 1.54) is 0 Å². The van der Waals surface area contributed by atoms with Gasteiger partial charge in [0, 0.05) is 13.2 Å². The van der Waals surface area contributed by atoms with Crippen molar-refractivity contribution in [3.63, 3.8) is 0 Å². The van der Waals surface area contributed by atoms with Gasteiger partial charge in [0.25, 0.3) is 0 Å². The normalized spacial score (nSPS) is 27.5. The van der Waals surface area contributed by atoms with Crippen molar-refractivity contribution in [2.45, 2.75) is 85.3 Å². The molecule has 0 saturated heterocycles. The van der Waals surface area contributed by atoms with Gasteiger partial charge in [-0.25, -0.2) is 0 Å². The lowest BCUT2D eigenvalue weighted by Crippen LogP contribution is -2.42. The average molecular weight is 395 g/mol. The molecule has 5 heteroatoms. The first kappa shape index (κ1) is 24.8. The van der Waals surface area contributed by atoms with Crippen molar-refractivity contribution in [2.24, 2.45) is 0 Å². The zero-order valence-corrected chi connectivity index (χ0v) is 18.7. The Morgan fingerprint density at radius 3 is 2.29 bits per heavy atom. The molecule has 0 radical (unpaired) electrons. The third-order valence-corrected chi connectivity index (χ3v) is 5.21. The fourth-order valence-electron chi connectivity index (χ4n) is 3.37. The Kier molecular flexibility index (Phi) is 9.31. The van der Waals surface area contributed by atoms with Gasteiger partial charge in [-0.3, -0.25) is 0 Å². The smallest absolute Gasteiger partial charge is 0.156 e. The van der Waals surface area contributed by atoms with Crippen LogP contribution in [0.4, 0.5) is 0 Å². The predicted octanol–water partition coefficient (Wildman–Crippen LogP) is 4.68. The summed E-state index contributed by atoms with van der Waals surface area (Å²) in [7, 11) is 0. The third kappa shape index (κ3) is 5.88. The van der Waals surface area contributed by atoms with Gasteiger partial charge in [-0.05, 0) is 90.3 Å². The minimum Gasteiger partial charge on any atom is -0.385 e. The largest absolute Gasteiger partial charge is 0.385 e. The van der Waals surface area contributed by atoms with Crippen molar-refractivity contribution in [1.29, 1.82) is 0 Å². The zero-order valence-electron chi connectivity index (χ0n) is 18.7. The van der Waals surface area contributed by atoms with E-state index in [4.69, 9.17) is 18.9 Å². The standard InChI is InChI=1S/C23H38O5/c1-10-22(9,27-19(7)25-11-2)13-14-23(28-20(8)26-12-3)16(4)15-21(24)17(5)18(23)6/h10,13-15,19-21,24H,1,11-12H2,2-9H3/b14-13+. The van der Waals surface area contributed by atoms with Crippen LogP contribution in [0.25, 0.3) is 0 Å². The first-order chi connectivity index (χ1) is 13.0. The molecule has 0 aromatic heterocycles. The van der Waals surface area contributed by atoms with Crippen molar-refractivity contribution >= 4 is 0 Å². The number of rotatable bonds is 11. The van der Waals surface area contributed by atoms with E-state index >= 15 is 0 Å². The highest BCUT2D eigenvalue weighted by atomic mass is 16.7. The van der Waals surface area contributed by atoms with Crippen LogP contribution in [0.3, 0.4) is 0 Å². The van der Waals surface area contributed by atoms with Gasteiger partial charge < -0.3 is 24.1 Å². The minimum absolute atomic E-state index is 0.375. The molecule has 0 bridgehead atoms. The SMILES string of the molecule is C=CC(C)(/C=C/C1(OC(C)OCC)C(C)=CC(O)C(C)=C1C)OC(C)OCC. The van der Waals surface area contributed by atoms with Crippen LogP contribution < -0.4 is 0 Å². The molecule has 0 spiro atoms. The van der Waals surface area contributed by atoms with E-state index in [2.05, 4.69) is 6.58 Å². The second kappa shape index (κ2) is 10.5. The monoisotopic (exact) mass is 394 g/mol. The summed E-state index contributed by atoms with van der Waals surface area (Å²) in [5, 5.41) is 10.3. The zero-order chi connectivity index (χ0) is 21.5. The number of hydrogen-bond donors (Lipinski definition) is 1. The molecule has 160 valence electrons. The van der Waals surface area contributed by atoms with Crippen molar-refractivity contribution < 1.29 is 24.1 Å². The van der Waals surface area contributed by atoms with Crippen LogP contribution in [0.5, 0.6) is 0 Å². The molecule has 0 amide bonds. The Balaban J connectivity index is 3.35. The number of aliphatic hydroxyl groups excluding tert-OH is 1. The van der Waals surface area contributed by atoms with Crippen LogP contribution in [-0.2, 0) is 18.9 Å². The summed E-state index contributed by atoms with van der Waals surface area (Å²) >= 11 is 0. The summed E-state index contributed by atoms with van der Waals surface area (Å²) in [4.78, 5) is 0. The highest BCUT2D eigenvalue weighted by Crippen LogP contribution is 2.40. The molecule has 28 heavy (non-hydrogen) atoms. The number of ether oxygens (including phenoxy) is 4. The van der Waals surface area contributed by atoms with Gasteiger partial charge in [0.05, 0.1) is 6.10 Å². The minimum atomic E-state index is -0.833. The van der Waals surface area contributed by atoms with E-state index in [0.717, 1.165) is 16.7 Å². The highest BCUT2D eigenvalue weighted by Gasteiger charge is 2.40.